The Balaban J connectivity index is 1.50. The molecule has 1 aromatic carbocycles. The van der Waals surface area contributed by atoms with E-state index in [1.54, 1.807) is 0 Å². The monoisotopic (exact) mass is 396 g/mol. The normalized spacial score (nSPS) is 22.3. The molecule has 2 fully saturated rings. The number of likely N-dealkylation sites (tertiary alicyclic amines) is 1. The molecule has 0 radical (unpaired) electrons. The lowest BCUT2D eigenvalue weighted by Gasteiger charge is -2.22. The first-order valence-corrected chi connectivity index (χ1v) is 10.7. The highest BCUT2D eigenvalue weighted by Crippen LogP contribution is 2.34. The lowest BCUT2D eigenvalue weighted by molar-refractivity contribution is 0.310. The summed E-state index contributed by atoms with van der Waals surface area (Å²) in [5, 5.41) is 0.245. The van der Waals surface area contributed by atoms with Crippen LogP contribution >= 0.6 is 11.5 Å². The highest BCUT2D eigenvalue weighted by molar-refractivity contribution is 7.13. The number of anilines is 1. The maximum Gasteiger partial charge on any atom is 0.271 e. The molecule has 0 unspecified atom stereocenters. The fourth-order valence-corrected chi connectivity index (χ4v) is 5.85. The van der Waals surface area contributed by atoms with Crippen LogP contribution in [0.1, 0.15) is 18.9 Å². The van der Waals surface area contributed by atoms with Crippen LogP contribution in [0.4, 0.5) is 5.69 Å². The molecule has 2 N–H and O–H groups in total. The summed E-state index contributed by atoms with van der Waals surface area (Å²) in [5.41, 5.74) is 3.44. The molecule has 146 valence electrons. The molecular weight excluding hydrogens is 372 g/mol. The van der Waals surface area contributed by atoms with E-state index in [0.717, 1.165) is 46.9 Å². The van der Waals surface area contributed by atoms with Gasteiger partial charge in [-0.25, -0.2) is 0 Å². The summed E-state index contributed by atoms with van der Waals surface area (Å²) in [4.78, 5) is 32.3. The number of nitrogens with one attached hydrogen (secondary N) is 2. The zero-order valence-corrected chi connectivity index (χ0v) is 16.9. The van der Waals surface area contributed by atoms with Gasteiger partial charge < -0.3 is 14.8 Å². The number of benzene rings is 1. The first-order chi connectivity index (χ1) is 13.6. The van der Waals surface area contributed by atoms with E-state index in [9.17, 15) is 9.59 Å². The van der Waals surface area contributed by atoms with Crippen LogP contribution in [0.25, 0.3) is 21.3 Å². The molecule has 2 atom stereocenters. The number of rotatable bonds is 3. The van der Waals surface area contributed by atoms with Crippen LogP contribution in [-0.4, -0.2) is 47.0 Å². The van der Waals surface area contributed by atoms with Crippen LogP contribution in [0, 0.1) is 5.92 Å². The Morgan fingerprint density at radius 2 is 1.93 bits per heavy atom. The second-order valence-corrected chi connectivity index (χ2v) is 8.76. The summed E-state index contributed by atoms with van der Waals surface area (Å²) in [6.45, 7) is 5.47. The van der Waals surface area contributed by atoms with Gasteiger partial charge in [0.05, 0.1) is 10.4 Å². The molecule has 0 saturated carbocycles. The Hall–Kier alpha value is -2.38. The highest BCUT2D eigenvalue weighted by Gasteiger charge is 2.39. The molecule has 5 rings (SSSR count). The summed E-state index contributed by atoms with van der Waals surface area (Å²) < 4.78 is 3.46. The number of aryl methyl sites for hydroxylation is 1. The zero-order chi connectivity index (χ0) is 19.4. The van der Waals surface area contributed by atoms with Gasteiger partial charge in [0.2, 0.25) is 0 Å². The van der Waals surface area contributed by atoms with Gasteiger partial charge in [0.1, 0.15) is 5.39 Å². The lowest BCUT2D eigenvalue weighted by Crippen LogP contribution is -2.32. The quantitative estimate of drug-likeness (QED) is 0.714. The van der Waals surface area contributed by atoms with E-state index in [-0.39, 0.29) is 16.5 Å². The van der Waals surface area contributed by atoms with E-state index >= 15 is 0 Å². The van der Waals surface area contributed by atoms with Gasteiger partial charge in [0, 0.05) is 24.8 Å². The highest BCUT2D eigenvalue weighted by atomic mass is 32.1. The van der Waals surface area contributed by atoms with Gasteiger partial charge in [-0.3, -0.25) is 14.0 Å². The van der Waals surface area contributed by atoms with Gasteiger partial charge in [-0.15, -0.1) is 0 Å². The van der Waals surface area contributed by atoms with Crippen molar-refractivity contribution in [2.75, 3.05) is 31.6 Å². The number of pyridine rings is 1. The Labute approximate surface area is 167 Å². The van der Waals surface area contributed by atoms with Crippen molar-refractivity contribution < 1.29 is 0 Å². The van der Waals surface area contributed by atoms with Crippen LogP contribution < -0.4 is 16.0 Å². The average molecular weight is 397 g/mol. The predicted molar refractivity (Wildman–Crippen MR) is 115 cm³/mol. The third-order valence-corrected chi connectivity index (χ3v) is 7.38. The number of nitrogens with zero attached hydrogens (tertiary/aromatic N) is 2. The van der Waals surface area contributed by atoms with Crippen molar-refractivity contribution in [1.29, 1.82) is 0 Å². The molecule has 28 heavy (non-hydrogen) atoms. The summed E-state index contributed by atoms with van der Waals surface area (Å²) in [5.74, 6) is 0.770. The molecule has 3 aromatic rings. The fraction of sp³-hybridized carbons (Fsp3) is 0.429. The Bertz CT molecular complexity index is 1140. The molecule has 2 aliphatic heterocycles. The molecule has 0 spiro atoms. The van der Waals surface area contributed by atoms with Crippen molar-refractivity contribution in [2.24, 2.45) is 5.92 Å². The Morgan fingerprint density at radius 1 is 1.14 bits per heavy atom. The molecule has 7 heteroatoms. The summed E-state index contributed by atoms with van der Waals surface area (Å²) in [6, 6.07) is 9.13. The topological polar surface area (TPSA) is 72.2 Å². The number of aromatic amines is 2. The predicted octanol–water partition coefficient (Wildman–Crippen LogP) is 2.65. The first-order valence-electron chi connectivity index (χ1n) is 9.88. The average Bonchev–Trinajstić information content (AvgIpc) is 3.39. The van der Waals surface area contributed by atoms with Gasteiger partial charge in [-0.2, -0.15) is 0 Å². The summed E-state index contributed by atoms with van der Waals surface area (Å²) >= 11 is 1.25. The SMILES string of the molecule is CCc1c(-c2ccc(N3C[C@@H]4CCN(C)[C@@H]4C3)cc2)[nH]c(=O)c2c(=O)[nH]sc12. The van der Waals surface area contributed by atoms with Gasteiger partial charge in [0.15, 0.2) is 0 Å². The van der Waals surface area contributed by atoms with Crippen LogP contribution in [-0.2, 0) is 6.42 Å². The summed E-state index contributed by atoms with van der Waals surface area (Å²) in [7, 11) is 2.23. The fourth-order valence-electron chi connectivity index (χ4n) is 4.89. The minimum atomic E-state index is -0.316. The second kappa shape index (κ2) is 6.60. The molecule has 0 aliphatic carbocycles. The number of aromatic nitrogens is 2. The molecule has 2 saturated heterocycles. The summed E-state index contributed by atoms with van der Waals surface area (Å²) in [6.07, 6.45) is 2.04. The van der Waals surface area contributed by atoms with Crippen molar-refractivity contribution >= 4 is 27.3 Å². The number of fused-ring (bicyclic) bond motifs is 2. The number of hydrogen-bond donors (Lipinski definition) is 2. The van der Waals surface area contributed by atoms with Gasteiger partial charge >= 0.3 is 0 Å². The van der Waals surface area contributed by atoms with Crippen LogP contribution in [0.15, 0.2) is 33.9 Å². The molecule has 2 aliphatic rings. The van der Waals surface area contributed by atoms with Crippen LogP contribution in [0.2, 0.25) is 0 Å². The minimum absolute atomic E-state index is 0.245. The van der Waals surface area contributed by atoms with Crippen LogP contribution in [0.5, 0.6) is 0 Å². The van der Waals surface area contributed by atoms with Crippen molar-refractivity contribution in [3.05, 3.63) is 50.5 Å². The van der Waals surface area contributed by atoms with E-state index < -0.39 is 0 Å². The van der Waals surface area contributed by atoms with Crippen molar-refractivity contribution in [1.82, 2.24) is 14.3 Å². The molecule has 0 bridgehead atoms. The van der Waals surface area contributed by atoms with Gasteiger partial charge in [-0.05, 0) is 55.6 Å². The molecule has 2 aromatic heterocycles. The van der Waals surface area contributed by atoms with Crippen molar-refractivity contribution in [3.8, 4) is 11.3 Å². The lowest BCUT2D eigenvalue weighted by atomic mass is 10.0. The van der Waals surface area contributed by atoms with Gasteiger partial charge in [0.25, 0.3) is 11.1 Å². The number of likely N-dealkylation sites (N-methyl/N-ethyl adjacent to an activating group) is 1. The second-order valence-electron chi connectivity index (χ2n) is 7.95. The minimum Gasteiger partial charge on any atom is -0.370 e. The maximum atomic E-state index is 12.5. The van der Waals surface area contributed by atoms with E-state index in [2.05, 4.69) is 57.4 Å². The largest absolute Gasteiger partial charge is 0.370 e. The smallest absolute Gasteiger partial charge is 0.271 e. The maximum absolute atomic E-state index is 12.5. The molecule has 6 nitrogen and oxygen atoms in total. The van der Waals surface area contributed by atoms with Gasteiger partial charge in [-0.1, -0.05) is 30.6 Å². The molecule has 0 amide bonds. The molecule has 4 heterocycles. The van der Waals surface area contributed by atoms with E-state index in [1.807, 2.05) is 0 Å². The third kappa shape index (κ3) is 2.64. The Morgan fingerprint density at radius 3 is 2.64 bits per heavy atom. The number of H-pyrrole nitrogens is 2. The third-order valence-electron chi connectivity index (χ3n) is 6.44. The van der Waals surface area contributed by atoms with Crippen molar-refractivity contribution in [3.63, 3.8) is 0 Å². The van der Waals surface area contributed by atoms with Crippen LogP contribution in [0.3, 0.4) is 0 Å². The molecular formula is C21H24N4O2S. The van der Waals surface area contributed by atoms with Crippen molar-refractivity contribution in [2.45, 2.75) is 25.8 Å². The number of hydrogen-bond acceptors (Lipinski definition) is 5. The van der Waals surface area contributed by atoms with E-state index in [1.165, 1.54) is 30.2 Å². The standard InChI is InChI=1S/C21H24N4O2S/c1-3-15-18(22-20(26)17-19(15)28-23-21(17)27)12-4-6-14(7-5-12)25-10-13-8-9-24(2)16(13)11-25/h4-7,13,16H,3,8-11H2,1-2H3,(H,22,26)(H,23,27)/t13-,16+/m0/s1. The zero-order valence-electron chi connectivity index (χ0n) is 16.1. The first kappa shape index (κ1) is 17.7. The Kier molecular flexibility index (Phi) is 4.17. The van der Waals surface area contributed by atoms with E-state index in [0.29, 0.717) is 6.04 Å². The van der Waals surface area contributed by atoms with E-state index in [4.69, 9.17) is 0 Å².